The number of nitrogens with one attached hydrogen (secondary N) is 2. The zero-order valence-electron chi connectivity index (χ0n) is 16.1. The lowest BCUT2D eigenvalue weighted by Gasteiger charge is -2.19. The van der Waals surface area contributed by atoms with E-state index in [2.05, 4.69) is 32.6 Å². The highest BCUT2D eigenvalue weighted by Gasteiger charge is 2.30. The molecular formula is C19H22FN7O2. The first-order valence-electron chi connectivity index (χ1n) is 9.94. The van der Waals surface area contributed by atoms with Crippen molar-refractivity contribution < 1.29 is 14.0 Å². The van der Waals surface area contributed by atoms with Gasteiger partial charge in [0.15, 0.2) is 5.65 Å². The first-order chi connectivity index (χ1) is 14.0. The molecule has 2 amide bonds. The van der Waals surface area contributed by atoms with E-state index in [0.717, 1.165) is 0 Å². The molecule has 3 fully saturated rings. The van der Waals surface area contributed by atoms with Crippen LogP contribution in [0.1, 0.15) is 38.2 Å². The number of rotatable bonds is 5. The number of aromatic nitrogens is 4. The fourth-order valence-corrected chi connectivity index (χ4v) is 3.88. The van der Waals surface area contributed by atoms with Gasteiger partial charge in [-0.05, 0) is 38.2 Å². The third-order valence-corrected chi connectivity index (χ3v) is 5.70. The minimum absolute atomic E-state index is 0.0353. The van der Waals surface area contributed by atoms with Gasteiger partial charge in [0.25, 0.3) is 5.91 Å². The van der Waals surface area contributed by atoms with Gasteiger partial charge >= 0.3 is 0 Å². The Morgan fingerprint density at radius 1 is 1.31 bits per heavy atom. The van der Waals surface area contributed by atoms with Crippen molar-refractivity contribution in [2.75, 3.05) is 23.3 Å². The second-order valence-electron chi connectivity index (χ2n) is 8.01. The standard InChI is InChI=1S/C19H22FN7O2/c1-10(11-2-3-11)22-18-24-16-13(6-12-7-15(28)23-17(12)29)8-21-27(16)19(25-18)26-5-4-14(20)9-26/h6,8,10-11,14H,2-5,7,9H2,1H3,(H,22,24)(H,23,28,29)/b12-6+/t10-,14-/m1/s1. The number of fused-ring (bicyclic) bond motifs is 1. The first-order valence-corrected chi connectivity index (χ1v) is 9.94. The van der Waals surface area contributed by atoms with Crippen LogP contribution in [-0.2, 0) is 9.59 Å². The van der Waals surface area contributed by atoms with Crippen LogP contribution in [0.3, 0.4) is 0 Å². The zero-order chi connectivity index (χ0) is 20.1. The number of carbonyl (C=O) groups excluding carboxylic acids is 2. The van der Waals surface area contributed by atoms with Crippen LogP contribution < -0.4 is 15.5 Å². The van der Waals surface area contributed by atoms with Crippen LogP contribution in [0.5, 0.6) is 0 Å². The Balaban J connectivity index is 1.57. The Bertz CT molecular complexity index is 1030. The van der Waals surface area contributed by atoms with E-state index >= 15 is 0 Å². The van der Waals surface area contributed by atoms with E-state index in [4.69, 9.17) is 0 Å². The maximum absolute atomic E-state index is 13.8. The third kappa shape index (κ3) is 3.43. The fourth-order valence-electron chi connectivity index (χ4n) is 3.88. The molecule has 9 nitrogen and oxygen atoms in total. The molecule has 5 rings (SSSR count). The Morgan fingerprint density at radius 2 is 2.14 bits per heavy atom. The van der Waals surface area contributed by atoms with E-state index in [1.54, 1.807) is 16.8 Å². The Morgan fingerprint density at radius 3 is 2.79 bits per heavy atom. The largest absolute Gasteiger partial charge is 0.351 e. The van der Waals surface area contributed by atoms with E-state index < -0.39 is 12.1 Å². The molecule has 2 N–H and O–H groups in total. The summed E-state index contributed by atoms with van der Waals surface area (Å²) in [6, 6.07) is 0.237. The maximum Gasteiger partial charge on any atom is 0.254 e. The first kappa shape index (κ1) is 18.0. The molecule has 0 spiro atoms. The van der Waals surface area contributed by atoms with E-state index in [1.165, 1.54) is 12.8 Å². The Hall–Kier alpha value is -3.04. The van der Waals surface area contributed by atoms with Crippen molar-refractivity contribution in [2.45, 2.75) is 44.8 Å². The molecular weight excluding hydrogens is 377 g/mol. The van der Waals surface area contributed by atoms with Crippen LogP contribution in [-0.4, -0.2) is 56.7 Å². The molecule has 2 aliphatic heterocycles. The number of nitrogens with zero attached hydrogens (tertiary/aromatic N) is 5. The number of alkyl halides is 1. The summed E-state index contributed by atoms with van der Waals surface area (Å²) >= 11 is 0. The summed E-state index contributed by atoms with van der Waals surface area (Å²) in [5, 5.41) is 10.0. The molecule has 0 aromatic carbocycles. The minimum Gasteiger partial charge on any atom is -0.351 e. The molecule has 2 atom stereocenters. The lowest BCUT2D eigenvalue weighted by atomic mass is 10.1. The fraction of sp³-hybridized carbons (Fsp3) is 0.526. The molecule has 3 aliphatic rings. The van der Waals surface area contributed by atoms with Gasteiger partial charge in [0, 0.05) is 23.7 Å². The second-order valence-corrected chi connectivity index (χ2v) is 8.01. The molecule has 1 saturated carbocycles. The highest BCUT2D eigenvalue weighted by molar-refractivity contribution is 6.15. The molecule has 0 radical (unpaired) electrons. The normalized spacial score (nSPS) is 24.6. The maximum atomic E-state index is 13.8. The average molecular weight is 399 g/mol. The predicted molar refractivity (Wildman–Crippen MR) is 104 cm³/mol. The molecule has 152 valence electrons. The number of anilines is 2. The van der Waals surface area contributed by atoms with E-state index in [9.17, 15) is 14.0 Å². The zero-order valence-corrected chi connectivity index (χ0v) is 16.1. The number of hydrogen-bond acceptors (Lipinski definition) is 7. The Kier molecular flexibility index (Phi) is 4.21. The van der Waals surface area contributed by atoms with Gasteiger partial charge < -0.3 is 10.2 Å². The number of amides is 2. The highest BCUT2D eigenvalue weighted by Crippen LogP contribution is 2.34. The predicted octanol–water partition coefficient (Wildman–Crippen LogP) is 1.31. The number of halogens is 1. The molecule has 0 unspecified atom stereocenters. The van der Waals surface area contributed by atoms with Crippen molar-refractivity contribution in [3.63, 3.8) is 0 Å². The second kappa shape index (κ2) is 6.78. The summed E-state index contributed by atoms with van der Waals surface area (Å²) in [5.74, 6) is 0.877. The highest BCUT2D eigenvalue weighted by atomic mass is 19.1. The summed E-state index contributed by atoms with van der Waals surface area (Å²) in [5.41, 5.74) is 1.50. The van der Waals surface area contributed by atoms with Crippen LogP contribution in [0, 0.1) is 5.92 Å². The molecule has 2 aromatic heterocycles. The summed E-state index contributed by atoms with van der Waals surface area (Å²) in [6.45, 7) is 2.92. The van der Waals surface area contributed by atoms with Gasteiger partial charge in [0.1, 0.15) is 6.17 Å². The average Bonchev–Trinajstić information content (AvgIpc) is 3.22. The van der Waals surface area contributed by atoms with Gasteiger partial charge in [-0.15, -0.1) is 0 Å². The topological polar surface area (TPSA) is 105 Å². The molecule has 2 saturated heterocycles. The van der Waals surface area contributed by atoms with Crippen molar-refractivity contribution in [2.24, 2.45) is 5.92 Å². The van der Waals surface area contributed by atoms with Crippen LogP contribution in [0.2, 0.25) is 0 Å². The van der Waals surface area contributed by atoms with Crippen LogP contribution in [0.25, 0.3) is 11.7 Å². The van der Waals surface area contributed by atoms with Crippen molar-refractivity contribution in [3.05, 3.63) is 17.3 Å². The van der Waals surface area contributed by atoms with E-state index in [1.807, 2.05) is 4.90 Å². The molecule has 1 aliphatic carbocycles. The van der Waals surface area contributed by atoms with Crippen molar-refractivity contribution in [1.29, 1.82) is 0 Å². The summed E-state index contributed by atoms with van der Waals surface area (Å²) in [7, 11) is 0. The quantitative estimate of drug-likeness (QED) is 0.577. The van der Waals surface area contributed by atoms with Crippen LogP contribution >= 0.6 is 0 Å². The summed E-state index contributed by atoms with van der Waals surface area (Å²) < 4.78 is 15.4. The van der Waals surface area contributed by atoms with E-state index in [-0.39, 0.29) is 24.9 Å². The van der Waals surface area contributed by atoms with Gasteiger partial charge in [0.2, 0.25) is 17.8 Å². The molecule has 4 heterocycles. The molecule has 0 bridgehead atoms. The third-order valence-electron chi connectivity index (χ3n) is 5.70. The van der Waals surface area contributed by atoms with Crippen molar-refractivity contribution in [3.8, 4) is 0 Å². The van der Waals surface area contributed by atoms with Gasteiger partial charge in [-0.3, -0.25) is 14.9 Å². The Labute approximate surface area is 166 Å². The SMILES string of the molecule is C[C@@H](Nc1nc(N2CC[C@@H](F)C2)n2ncc(/C=C3\CC(=O)NC3=O)c2n1)C1CC1. The smallest absolute Gasteiger partial charge is 0.254 e. The number of carbonyl (C=O) groups is 2. The van der Waals surface area contributed by atoms with Gasteiger partial charge in [-0.25, -0.2) is 4.39 Å². The lowest BCUT2D eigenvalue weighted by molar-refractivity contribution is -0.124. The number of imide groups is 1. The van der Waals surface area contributed by atoms with Gasteiger partial charge in [-0.2, -0.15) is 19.6 Å². The molecule has 29 heavy (non-hydrogen) atoms. The van der Waals surface area contributed by atoms with E-state index in [0.29, 0.717) is 47.6 Å². The monoisotopic (exact) mass is 399 g/mol. The lowest BCUT2D eigenvalue weighted by Crippen LogP contribution is -2.26. The van der Waals surface area contributed by atoms with Gasteiger partial charge in [-0.1, -0.05) is 0 Å². The minimum atomic E-state index is -0.896. The summed E-state index contributed by atoms with van der Waals surface area (Å²) in [6.07, 6.45) is 5.19. The molecule has 2 aromatic rings. The van der Waals surface area contributed by atoms with Crippen LogP contribution in [0.4, 0.5) is 16.3 Å². The van der Waals surface area contributed by atoms with Gasteiger partial charge in [0.05, 0.1) is 19.2 Å². The molecule has 10 heteroatoms. The number of hydrogen-bond donors (Lipinski definition) is 2. The van der Waals surface area contributed by atoms with Crippen molar-refractivity contribution >= 4 is 35.4 Å². The summed E-state index contributed by atoms with van der Waals surface area (Å²) in [4.78, 5) is 34.5. The van der Waals surface area contributed by atoms with Crippen molar-refractivity contribution in [1.82, 2.24) is 24.9 Å². The van der Waals surface area contributed by atoms with Crippen LogP contribution in [0.15, 0.2) is 11.8 Å².